The largest absolute Gasteiger partial charge is 0.469 e. The van der Waals surface area contributed by atoms with E-state index in [2.05, 4.69) is 31.8 Å². The smallest absolute Gasteiger partial charge is 0.305 e. The van der Waals surface area contributed by atoms with Crippen molar-refractivity contribution in [2.75, 3.05) is 20.7 Å². The summed E-state index contributed by atoms with van der Waals surface area (Å²) in [6.45, 7) is 1.64. The van der Waals surface area contributed by atoms with Crippen LogP contribution in [0.5, 0.6) is 0 Å². The predicted octanol–water partition coefficient (Wildman–Crippen LogP) is 2.76. The molecule has 0 aromatic carbocycles. The summed E-state index contributed by atoms with van der Waals surface area (Å²) in [6, 6.07) is 4.14. The first-order chi connectivity index (χ1) is 9.76. The fourth-order valence-corrected chi connectivity index (χ4v) is 2.33. The monoisotopic (exact) mass is 425 g/mol. The van der Waals surface area contributed by atoms with Crippen LogP contribution in [0.15, 0.2) is 22.5 Å². The summed E-state index contributed by atoms with van der Waals surface area (Å²) in [4.78, 5) is 16.4. The van der Waals surface area contributed by atoms with E-state index in [0.29, 0.717) is 6.42 Å². The van der Waals surface area contributed by atoms with Crippen LogP contribution in [0.2, 0.25) is 0 Å². The number of hydrogen-bond donors (Lipinski definition) is 2. The second-order valence-corrected chi connectivity index (χ2v) is 5.35. The van der Waals surface area contributed by atoms with Gasteiger partial charge >= 0.3 is 5.97 Å². The molecule has 0 fully saturated rings. The zero-order valence-corrected chi connectivity index (χ0v) is 15.7. The van der Waals surface area contributed by atoms with Crippen molar-refractivity contribution in [3.05, 3.63) is 22.4 Å². The fraction of sp³-hybridized carbons (Fsp3) is 0.571. The Kier molecular flexibility index (Phi) is 12.4. The van der Waals surface area contributed by atoms with Crippen molar-refractivity contribution >= 4 is 47.2 Å². The standard InChI is InChI=1S/C14H23N3O2S.HI/c1-15-14(17-11-12-7-6-10-20-12)16-9-5-3-4-8-13(18)19-2;/h6-7,10H,3-5,8-9,11H2,1-2H3,(H2,15,16,17);1H. The number of guanidine groups is 1. The molecule has 1 rings (SSSR count). The number of thiophene rings is 1. The third-order valence-corrected chi connectivity index (χ3v) is 3.69. The molecule has 0 aliphatic heterocycles. The van der Waals surface area contributed by atoms with Gasteiger partial charge in [0.05, 0.1) is 13.7 Å². The van der Waals surface area contributed by atoms with E-state index in [1.165, 1.54) is 12.0 Å². The number of methoxy groups -OCH3 is 1. The predicted molar refractivity (Wildman–Crippen MR) is 98.4 cm³/mol. The Hall–Kier alpha value is -0.830. The highest BCUT2D eigenvalue weighted by Gasteiger charge is 2.00. The Labute approximate surface area is 147 Å². The van der Waals surface area contributed by atoms with Gasteiger partial charge in [-0.1, -0.05) is 12.5 Å². The molecular weight excluding hydrogens is 401 g/mol. The van der Waals surface area contributed by atoms with Gasteiger partial charge < -0.3 is 15.4 Å². The van der Waals surface area contributed by atoms with E-state index in [1.807, 2.05) is 6.07 Å². The number of ether oxygens (including phenoxy) is 1. The van der Waals surface area contributed by atoms with Gasteiger partial charge in [-0.15, -0.1) is 35.3 Å². The number of carbonyl (C=O) groups excluding carboxylic acids is 1. The lowest BCUT2D eigenvalue weighted by Crippen LogP contribution is -2.37. The maximum absolute atomic E-state index is 10.9. The Balaban J connectivity index is 0.00000400. The number of unbranched alkanes of at least 4 members (excludes halogenated alkanes) is 2. The molecule has 21 heavy (non-hydrogen) atoms. The summed E-state index contributed by atoms with van der Waals surface area (Å²) in [5.41, 5.74) is 0. The molecule has 0 atom stereocenters. The van der Waals surface area contributed by atoms with Crippen LogP contribution in [-0.2, 0) is 16.1 Å². The Morgan fingerprint density at radius 3 is 2.76 bits per heavy atom. The normalized spacial score (nSPS) is 10.7. The molecule has 0 spiro atoms. The minimum atomic E-state index is -0.133. The minimum absolute atomic E-state index is 0. The number of halogens is 1. The van der Waals surface area contributed by atoms with Gasteiger partial charge in [0, 0.05) is 24.9 Å². The number of rotatable bonds is 8. The number of carbonyl (C=O) groups is 1. The molecular formula is C14H24IN3O2S. The highest BCUT2D eigenvalue weighted by molar-refractivity contribution is 14.0. The summed E-state index contributed by atoms with van der Waals surface area (Å²) in [6.07, 6.45) is 3.39. The van der Waals surface area contributed by atoms with Crippen molar-refractivity contribution in [1.29, 1.82) is 0 Å². The van der Waals surface area contributed by atoms with Crippen LogP contribution in [0.25, 0.3) is 0 Å². The van der Waals surface area contributed by atoms with Gasteiger partial charge in [-0.3, -0.25) is 9.79 Å². The molecule has 0 saturated carbocycles. The molecule has 0 aliphatic rings. The topological polar surface area (TPSA) is 62.7 Å². The molecule has 0 saturated heterocycles. The fourth-order valence-electron chi connectivity index (χ4n) is 1.68. The number of hydrogen-bond acceptors (Lipinski definition) is 4. The van der Waals surface area contributed by atoms with E-state index in [9.17, 15) is 4.79 Å². The van der Waals surface area contributed by atoms with Crippen molar-refractivity contribution in [2.45, 2.75) is 32.2 Å². The SMILES string of the molecule is CN=C(NCCCCCC(=O)OC)NCc1cccs1.I. The lowest BCUT2D eigenvalue weighted by atomic mass is 10.2. The first-order valence-corrected chi connectivity index (χ1v) is 7.68. The van der Waals surface area contributed by atoms with Gasteiger partial charge in [0.25, 0.3) is 0 Å². The van der Waals surface area contributed by atoms with Crippen LogP contribution in [0, 0.1) is 0 Å². The third kappa shape index (κ3) is 9.67. The summed E-state index contributed by atoms with van der Waals surface area (Å²) >= 11 is 1.73. The molecule has 0 aliphatic carbocycles. The molecule has 1 aromatic rings. The maximum atomic E-state index is 10.9. The first kappa shape index (κ1) is 20.2. The zero-order chi connectivity index (χ0) is 14.6. The minimum Gasteiger partial charge on any atom is -0.469 e. The van der Waals surface area contributed by atoms with Crippen LogP contribution in [-0.4, -0.2) is 32.6 Å². The Morgan fingerprint density at radius 1 is 1.33 bits per heavy atom. The van der Waals surface area contributed by atoms with Gasteiger partial charge in [0.15, 0.2) is 5.96 Å². The summed E-state index contributed by atoms with van der Waals surface area (Å²) < 4.78 is 4.60. The number of nitrogens with zero attached hydrogens (tertiary/aromatic N) is 1. The number of esters is 1. The zero-order valence-electron chi connectivity index (χ0n) is 12.6. The second kappa shape index (κ2) is 12.9. The summed E-state index contributed by atoms with van der Waals surface area (Å²) in [5.74, 6) is 0.678. The van der Waals surface area contributed by atoms with Crippen molar-refractivity contribution in [2.24, 2.45) is 4.99 Å². The van der Waals surface area contributed by atoms with Crippen LogP contribution in [0.4, 0.5) is 0 Å². The van der Waals surface area contributed by atoms with E-state index in [4.69, 9.17) is 0 Å². The molecule has 1 heterocycles. The first-order valence-electron chi connectivity index (χ1n) is 6.80. The third-order valence-electron chi connectivity index (χ3n) is 2.81. The second-order valence-electron chi connectivity index (χ2n) is 4.32. The van der Waals surface area contributed by atoms with Gasteiger partial charge in [-0.2, -0.15) is 0 Å². The summed E-state index contributed by atoms with van der Waals surface area (Å²) in [7, 11) is 3.19. The average molecular weight is 425 g/mol. The Morgan fingerprint density at radius 2 is 2.14 bits per heavy atom. The van der Waals surface area contributed by atoms with E-state index < -0.39 is 0 Å². The van der Waals surface area contributed by atoms with Crippen LogP contribution in [0.1, 0.15) is 30.6 Å². The van der Waals surface area contributed by atoms with E-state index in [0.717, 1.165) is 38.3 Å². The molecule has 120 valence electrons. The van der Waals surface area contributed by atoms with Crippen molar-refractivity contribution < 1.29 is 9.53 Å². The molecule has 7 heteroatoms. The number of nitrogens with one attached hydrogen (secondary N) is 2. The van der Waals surface area contributed by atoms with Gasteiger partial charge in [0.2, 0.25) is 0 Å². The molecule has 0 unspecified atom stereocenters. The van der Waals surface area contributed by atoms with Gasteiger partial charge in [-0.25, -0.2) is 0 Å². The average Bonchev–Trinajstić information content (AvgIpc) is 2.98. The molecule has 0 amide bonds. The van der Waals surface area contributed by atoms with Crippen molar-refractivity contribution in [3.8, 4) is 0 Å². The van der Waals surface area contributed by atoms with E-state index in [-0.39, 0.29) is 29.9 Å². The quantitative estimate of drug-likeness (QED) is 0.221. The summed E-state index contributed by atoms with van der Waals surface area (Å²) in [5, 5.41) is 8.59. The van der Waals surface area contributed by atoms with E-state index >= 15 is 0 Å². The van der Waals surface area contributed by atoms with Crippen molar-refractivity contribution in [1.82, 2.24) is 10.6 Å². The van der Waals surface area contributed by atoms with Gasteiger partial charge in [-0.05, 0) is 24.3 Å². The van der Waals surface area contributed by atoms with Crippen LogP contribution in [0.3, 0.4) is 0 Å². The molecule has 5 nitrogen and oxygen atoms in total. The van der Waals surface area contributed by atoms with Crippen LogP contribution < -0.4 is 10.6 Å². The van der Waals surface area contributed by atoms with E-state index in [1.54, 1.807) is 18.4 Å². The lowest BCUT2D eigenvalue weighted by molar-refractivity contribution is -0.140. The lowest BCUT2D eigenvalue weighted by Gasteiger charge is -2.10. The maximum Gasteiger partial charge on any atom is 0.305 e. The van der Waals surface area contributed by atoms with Gasteiger partial charge in [0.1, 0.15) is 0 Å². The van der Waals surface area contributed by atoms with Crippen LogP contribution >= 0.6 is 35.3 Å². The number of aliphatic imine (C=N–C) groups is 1. The highest BCUT2D eigenvalue weighted by Crippen LogP contribution is 2.07. The van der Waals surface area contributed by atoms with Crippen molar-refractivity contribution in [3.63, 3.8) is 0 Å². The molecule has 1 aromatic heterocycles. The molecule has 0 radical (unpaired) electrons. The Bertz CT molecular complexity index is 410. The highest BCUT2D eigenvalue weighted by atomic mass is 127. The molecule has 2 N–H and O–H groups in total. The molecule has 0 bridgehead atoms.